The summed E-state index contributed by atoms with van der Waals surface area (Å²) in [6.45, 7) is 3.49. The third-order valence-corrected chi connectivity index (χ3v) is 4.67. The van der Waals surface area contributed by atoms with Gasteiger partial charge in [0, 0.05) is 29.6 Å². The van der Waals surface area contributed by atoms with Crippen molar-refractivity contribution in [2.75, 3.05) is 27.2 Å². The first-order valence-electron chi connectivity index (χ1n) is 9.79. The van der Waals surface area contributed by atoms with E-state index in [0.717, 1.165) is 51.9 Å². The topological polar surface area (TPSA) is 79.8 Å². The van der Waals surface area contributed by atoms with E-state index in [0.29, 0.717) is 6.61 Å². The second kappa shape index (κ2) is 8.84. The van der Waals surface area contributed by atoms with E-state index < -0.39 is 0 Å². The Morgan fingerprint density at radius 2 is 1.70 bits per heavy atom. The normalized spacial score (nSPS) is 11.1. The summed E-state index contributed by atoms with van der Waals surface area (Å²) in [5.74, 6) is 0.848. The van der Waals surface area contributed by atoms with Crippen LogP contribution in [0.3, 0.4) is 0 Å². The van der Waals surface area contributed by atoms with Crippen LogP contribution in [0.15, 0.2) is 60.8 Å². The molecule has 4 aromatic rings. The lowest BCUT2D eigenvalue weighted by Crippen LogP contribution is -2.19. The number of aryl methyl sites for hydroxylation is 1. The van der Waals surface area contributed by atoms with Gasteiger partial charge in [-0.2, -0.15) is 15.4 Å². The number of ether oxygens (including phenoxy) is 1. The van der Waals surface area contributed by atoms with E-state index in [4.69, 9.17) is 4.74 Å². The summed E-state index contributed by atoms with van der Waals surface area (Å²) in [7, 11) is 4.06. The van der Waals surface area contributed by atoms with Crippen LogP contribution in [0, 0.1) is 6.92 Å². The maximum atomic E-state index is 5.77. The monoisotopic (exact) mass is 400 g/mol. The quantitative estimate of drug-likeness (QED) is 0.508. The molecule has 7 nitrogen and oxygen atoms in total. The molecule has 3 heterocycles. The molecule has 152 valence electrons. The van der Waals surface area contributed by atoms with Crippen LogP contribution in [-0.4, -0.2) is 57.5 Å². The lowest BCUT2D eigenvalue weighted by Gasteiger charge is -2.11. The predicted octanol–water partition coefficient (Wildman–Crippen LogP) is 3.84. The Kier molecular flexibility index (Phi) is 5.81. The van der Waals surface area contributed by atoms with Crippen molar-refractivity contribution < 1.29 is 4.74 Å². The molecule has 7 heteroatoms. The van der Waals surface area contributed by atoms with Gasteiger partial charge in [0.05, 0.1) is 11.4 Å². The molecule has 0 atom stereocenters. The van der Waals surface area contributed by atoms with E-state index in [1.807, 2.05) is 75.6 Å². The molecule has 1 N–H and O–H groups in total. The van der Waals surface area contributed by atoms with Gasteiger partial charge in [0.25, 0.3) is 0 Å². The first-order valence-corrected chi connectivity index (χ1v) is 9.79. The molecule has 30 heavy (non-hydrogen) atoms. The minimum Gasteiger partial charge on any atom is -0.492 e. The van der Waals surface area contributed by atoms with Crippen LogP contribution in [0.1, 0.15) is 5.69 Å². The number of nitrogens with one attached hydrogen (secondary N) is 1. The highest BCUT2D eigenvalue weighted by molar-refractivity contribution is 5.78. The minimum atomic E-state index is 0.655. The smallest absolute Gasteiger partial charge is 0.139 e. The van der Waals surface area contributed by atoms with Crippen molar-refractivity contribution in [1.82, 2.24) is 30.3 Å². The Balaban J connectivity index is 1.58. The van der Waals surface area contributed by atoms with Crippen LogP contribution < -0.4 is 4.74 Å². The average Bonchev–Trinajstić information content (AvgIpc) is 3.24. The second-order valence-corrected chi connectivity index (χ2v) is 7.29. The second-order valence-electron chi connectivity index (χ2n) is 7.29. The summed E-state index contributed by atoms with van der Waals surface area (Å²) in [5.41, 5.74) is 5.99. The number of benzene rings is 1. The number of H-pyrrole nitrogens is 1. The van der Waals surface area contributed by atoms with Crippen molar-refractivity contribution in [2.24, 2.45) is 0 Å². The SMILES string of the molecule is Cc1cccc(-c2n[nH]nc2-c2ccnc(-c3ccc(OCCN(C)C)cc3)c2)n1. The van der Waals surface area contributed by atoms with Crippen molar-refractivity contribution in [1.29, 1.82) is 0 Å². The van der Waals surface area contributed by atoms with Crippen molar-refractivity contribution >= 4 is 0 Å². The summed E-state index contributed by atoms with van der Waals surface area (Å²) >= 11 is 0. The fourth-order valence-corrected chi connectivity index (χ4v) is 3.09. The van der Waals surface area contributed by atoms with Crippen molar-refractivity contribution in [3.8, 4) is 39.7 Å². The zero-order valence-electron chi connectivity index (χ0n) is 17.3. The van der Waals surface area contributed by atoms with Crippen molar-refractivity contribution in [3.05, 3.63) is 66.5 Å². The van der Waals surface area contributed by atoms with E-state index >= 15 is 0 Å². The van der Waals surface area contributed by atoms with Crippen LogP contribution in [0.5, 0.6) is 5.75 Å². The van der Waals surface area contributed by atoms with Crippen LogP contribution in [0.25, 0.3) is 33.9 Å². The number of nitrogens with zero attached hydrogens (tertiary/aromatic N) is 5. The van der Waals surface area contributed by atoms with E-state index in [2.05, 4.69) is 30.3 Å². The molecule has 0 bridgehead atoms. The molecule has 4 rings (SSSR count). The lowest BCUT2D eigenvalue weighted by molar-refractivity contribution is 0.261. The number of pyridine rings is 2. The molecule has 0 fully saturated rings. The van der Waals surface area contributed by atoms with E-state index in [1.165, 1.54) is 0 Å². The highest BCUT2D eigenvalue weighted by Gasteiger charge is 2.15. The maximum Gasteiger partial charge on any atom is 0.139 e. The summed E-state index contributed by atoms with van der Waals surface area (Å²) in [6, 6.07) is 17.8. The Hall–Kier alpha value is -3.58. The highest BCUT2D eigenvalue weighted by Crippen LogP contribution is 2.30. The van der Waals surface area contributed by atoms with E-state index in [9.17, 15) is 0 Å². The van der Waals surface area contributed by atoms with Crippen LogP contribution in [0.4, 0.5) is 0 Å². The van der Waals surface area contributed by atoms with Crippen LogP contribution >= 0.6 is 0 Å². The molecule has 0 amide bonds. The zero-order valence-corrected chi connectivity index (χ0v) is 17.3. The molecule has 0 aliphatic heterocycles. The number of aromatic amines is 1. The number of aromatic nitrogens is 5. The average molecular weight is 400 g/mol. The summed E-state index contributed by atoms with van der Waals surface area (Å²) in [5, 5.41) is 11.4. The van der Waals surface area contributed by atoms with Gasteiger partial charge in [0.1, 0.15) is 23.7 Å². The van der Waals surface area contributed by atoms with Gasteiger partial charge < -0.3 is 9.64 Å². The standard InChI is InChI=1S/C23H24N6O/c1-16-5-4-6-20(25-16)23-22(26-28-27-23)18-11-12-24-21(15-18)17-7-9-19(10-8-17)30-14-13-29(2)3/h4-12,15H,13-14H2,1-3H3,(H,26,27,28). The molecular formula is C23H24N6O. The molecule has 0 unspecified atom stereocenters. The molecule has 0 spiro atoms. The number of likely N-dealkylation sites (N-methyl/N-ethyl adjacent to an activating group) is 1. The number of rotatable bonds is 7. The molecular weight excluding hydrogens is 376 g/mol. The van der Waals surface area contributed by atoms with Crippen LogP contribution in [-0.2, 0) is 0 Å². The first-order chi connectivity index (χ1) is 14.6. The summed E-state index contributed by atoms with van der Waals surface area (Å²) in [6.07, 6.45) is 1.79. The summed E-state index contributed by atoms with van der Waals surface area (Å²) < 4.78 is 5.77. The van der Waals surface area contributed by atoms with Gasteiger partial charge in [0.2, 0.25) is 0 Å². The molecule has 0 radical (unpaired) electrons. The highest BCUT2D eigenvalue weighted by atomic mass is 16.5. The van der Waals surface area contributed by atoms with Gasteiger partial charge in [-0.1, -0.05) is 6.07 Å². The van der Waals surface area contributed by atoms with E-state index in [-0.39, 0.29) is 0 Å². The molecule has 1 aromatic carbocycles. The van der Waals surface area contributed by atoms with Gasteiger partial charge in [-0.3, -0.25) is 9.97 Å². The fourth-order valence-electron chi connectivity index (χ4n) is 3.09. The predicted molar refractivity (Wildman–Crippen MR) is 117 cm³/mol. The van der Waals surface area contributed by atoms with Gasteiger partial charge in [0.15, 0.2) is 0 Å². The van der Waals surface area contributed by atoms with Crippen molar-refractivity contribution in [2.45, 2.75) is 6.92 Å². The maximum absolute atomic E-state index is 5.77. The molecule has 0 aliphatic rings. The minimum absolute atomic E-state index is 0.655. The third-order valence-electron chi connectivity index (χ3n) is 4.67. The van der Waals surface area contributed by atoms with Gasteiger partial charge >= 0.3 is 0 Å². The Bertz CT molecular complexity index is 1120. The van der Waals surface area contributed by atoms with E-state index in [1.54, 1.807) is 6.20 Å². The first kappa shape index (κ1) is 19.7. The van der Waals surface area contributed by atoms with Crippen LogP contribution in [0.2, 0.25) is 0 Å². The molecule has 3 aromatic heterocycles. The lowest BCUT2D eigenvalue weighted by atomic mass is 10.1. The zero-order chi connectivity index (χ0) is 20.9. The fraction of sp³-hybridized carbons (Fsp3) is 0.217. The number of hydrogen-bond acceptors (Lipinski definition) is 6. The largest absolute Gasteiger partial charge is 0.492 e. The number of hydrogen-bond donors (Lipinski definition) is 1. The third kappa shape index (κ3) is 4.52. The molecule has 0 aliphatic carbocycles. The van der Waals surface area contributed by atoms with Gasteiger partial charge in [-0.25, -0.2) is 0 Å². The Morgan fingerprint density at radius 3 is 2.47 bits per heavy atom. The van der Waals surface area contributed by atoms with Crippen molar-refractivity contribution in [3.63, 3.8) is 0 Å². The Morgan fingerprint density at radius 1 is 0.900 bits per heavy atom. The Labute approximate surface area is 175 Å². The summed E-state index contributed by atoms with van der Waals surface area (Å²) in [4.78, 5) is 11.2. The molecule has 0 saturated carbocycles. The van der Waals surface area contributed by atoms with Gasteiger partial charge in [-0.05, 0) is 69.6 Å². The van der Waals surface area contributed by atoms with Gasteiger partial charge in [-0.15, -0.1) is 0 Å². The molecule has 0 saturated heterocycles.